The zero-order valence-corrected chi connectivity index (χ0v) is 15.2. The normalized spacial score (nSPS) is 45.8. The first kappa shape index (κ1) is 17.2. The number of aliphatic hydroxyl groups is 2. The highest BCUT2D eigenvalue weighted by atomic mass is 16.3. The second kappa shape index (κ2) is 5.37. The van der Waals surface area contributed by atoms with Gasteiger partial charge in [0.05, 0.1) is 0 Å². The van der Waals surface area contributed by atoms with Crippen molar-refractivity contribution in [1.29, 1.82) is 0 Å². The summed E-state index contributed by atoms with van der Waals surface area (Å²) in [7, 11) is 0. The average molecular weight is 344 g/mol. The molecule has 0 radical (unpaired) electrons. The number of hydrogen-bond acceptors (Lipinski definition) is 4. The molecule has 5 atom stereocenters. The first-order chi connectivity index (χ1) is 11.8. The van der Waals surface area contributed by atoms with Crippen molar-refractivity contribution >= 4 is 11.6 Å². The van der Waals surface area contributed by atoms with Crippen LogP contribution in [0, 0.1) is 22.7 Å². The zero-order chi connectivity index (χ0) is 18.0. The minimum absolute atomic E-state index is 0.0701. The molecule has 4 heteroatoms. The Morgan fingerprint density at radius 1 is 1.24 bits per heavy atom. The molecular formula is C21H28O4. The van der Waals surface area contributed by atoms with E-state index >= 15 is 0 Å². The lowest BCUT2D eigenvalue weighted by atomic mass is 9.47. The van der Waals surface area contributed by atoms with E-state index in [-0.39, 0.29) is 11.2 Å². The lowest BCUT2D eigenvalue weighted by Crippen LogP contribution is -2.56. The fourth-order valence-corrected chi connectivity index (χ4v) is 6.46. The van der Waals surface area contributed by atoms with Gasteiger partial charge in [-0.1, -0.05) is 31.1 Å². The van der Waals surface area contributed by atoms with Crippen LogP contribution < -0.4 is 0 Å². The Hall–Kier alpha value is -1.26. The third-order valence-electron chi connectivity index (χ3n) is 8.12. The quantitative estimate of drug-likeness (QED) is 0.756. The van der Waals surface area contributed by atoms with Crippen molar-refractivity contribution in [2.24, 2.45) is 22.7 Å². The molecule has 25 heavy (non-hydrogen) atoms. The van der Waals surface area contributed by atoms with Crippen LogP contribution in [0.3, 0.4) is 0 Å². The smallest absolute Gasteiger partial charge is 0.190 e. The van der Waals surface area contributed by atoms with Gasteiger partial charge in [-0.2, -0.15) is 0 Å². The highest BCUT2D eigenvalue weighted by Gasteiger charge is 2.62. The van der Waals surface area contributed by atoms with E-state index in [0.717, 1.165) is 32.1 Å². The van der Waals surface area contributed by atoms with E-state index in [4.69, 9.17) is 0 Å². The van der Waals surface area contributed by atoms with Crippen molar-refractivity contribution in [3.05, 3.63) is 23.3 Å². The molecule has 0 aromatic rings. The number of aliphatic hydroxyl groups excluding tert-OH is 1. The highest BCUT2D eigenvalue weighted by molar-refractivity contribution is 5.92. The molecule has 0 saturated heterocycles. The molecule has 2 N–H and O–H groups in total. The number of rotatable bonds is 2. The van der Waals surface area contributed by atoms with Crippen LogP contribution in [0.25, 0.3) is 0 Å². The lowest BCUT2D eigenvalue weighted by Gasteiger charge is -2.57. The third kappa shape index (κ3) is 2.07. The van der Waals surface area contributed by atoms with E-state index in [1.54, 1.807) is 0 Å². The van der Waals surface area contributed by atoms with Gasteiger partial charge in [0.2, 0.25) is 0 Å². The van der Waals surface area contributed by atoms with Crippen LogP contribution in [0.1, 0.15) is 58.8 Å². The fourth-order valence-electron chi connectivity index (χ4n) is 6.46. The minimum atomic E-state index is -1.46. The van der Waals surface area contributed by atoms with Crippen LogP contribution >= 0.6 is 0 Å². The third-order valence-corrected chi connectivity index (χ3v) is 8.12. The molecule has 2 saturated carbocycles. The molecule has 4 nitrogen and oxygen atoms in total. The second-order valence-corrected chi connectivity index (χ2v) is 8.98. The maximum atomic E-state index is 12.3. The summed E-state index contributed by atoms with van der Waals surface area (Å²) in [5.41, 5.74) is 0.595. The van der Waals surface area contributed by atoms with Gasteiger partial charge in [-0.3, -0.25) is 9.59 Å². The number of fused-ring (bicyclic) bond motifs is 5. The molecule has 0 bridgehead atoms. The minimum Gasteiger partial charge on any atom is -0.388 e. The van der Waals surface area contributed by atoms with Crippen LogP contribution in [0.15, 0.2) is 23.3 Å². The number of carbonyl (C=O) groups is 2. The average Bonchev–Trinajstić information content (AvgIpc) is 2.87. The fraction of sp³-hybridized carbons (Fsp3) is 0.714. The van der Waals surface area contributed by atoms with Crippen LogP contribution in [-0.2, 0) is 9.59 Å². The summed E-state index contributed by atoms with van der Waals surface area (Å²) < 4.78 is 0. The van der Waals surface area contributed by atoms with Crippen molar-refractivity contribution in [2.75, 3.05) is 6.61 Å². The number of hydrogen-bond donors (Lipinski definition) is 2. The highest BCUT2D eigenvalue weighted by Crippen LogP contribution is 2.65. The Morgan fingerprint density at radius 3 is 2.72 bits per heavy atom. The van der Waals surface area contributed by atoms with E-state index in [1.165, 1.54) is 11.1 Å². The molecule has 4 aliphatic rings. The van der Waals surface area contributed by atoms with E-state index in [9.17, 15) is 19.8 Å². The lowest BCUT2D eigenvalue weighted by molar-refractivity contribution is -0.153. The summed E-state index contributed by atoms with van der Waals surface area (Å²) in [4.78, 5) is 24.2. The van der Waals surface area contributed by atoms with Crippen LogP contribution in [-0.4, -0.2) is 34.0 Å². The summed E-state index contributed by atoms with van der Waals surface area (Å²) in [5.74, 6) is 0.654. The summed E-state index contributed by atoms with van der Waals surface area (Å²) in [6.45, 7) is 3.72. The van der Waals surface area contributed by atoms with Gasteiger partial charge in [-0.15, -0.1) is 0 Å². The van der Waals surface area contributed by atoms with Crippen LogP contribution in [0.2, 0.25) is 0 Å². The van der Waals surface area contributed by atoms with E-state index in [2.05, 4.69) is 13.0 Å². The Morgan fingerprint density at radius 2 is 2.00 bits per heavy atom. The molecule has 4 rings (SSSR count). The van der Waals surface area contributed by atoms with Gasteiger partial charge >= 0.3 is 0 Å². The van der Waals surface area contributed by atoms with Gasteiger partial charge in [0.25, 0.3) is 0 Å². The Labute approximate surface area is 149 Å². The monoisotopic (exact) mass is 344 g/mol. The van der Waals surface area contributed by atoms with Crippen molar-refractivity contribution in [3.63, 3.8) is 0 Å². The van der Waals surface area contributed by atoms with Crippen molar-refractivity contribution in [1.82, 2.24) is 0 Å². The standard InChI is InChI=1S/C21H28O4/c1-19-8-5-14(23)11-13(19)3-4-15-16(19)6-9-20(2)17(15)7-10-21(20,25)18(24)12-22/h7,11,15-16,22,25H,3-6,8-10,12H2,1-2H3/t15-,16-,19+,20+,21-/m0/s1. The number of allylic oxidation sites excluding steroid dienone is 2. The molecule has 0 aromatic heterocycles. The van der Waals surface area contributed by atoms with Crippen LogP contribution in [0.5, 0.6) is 0 Å². The maximum absolute atomic E-state index is 12.3. The molecule has 2 fully saturated rings. The van der Waals surface area contributed by atoms with Gasteiger partial charge in [-0.05, 0) is 55.4 Å². The van der Waals surface area contributed by atoms with E-state index < -0.39 is 23.4 Å². The van der Waals surface area contributed by atoms with Gasteiger partial charge in [0.1, 0.15) is 12.2 Å². The molecule has 0 aromatic carbocycles. The SMILES string of the molecule is C[C@@]12CCC(=O)C=C1CC[C@@H]1C3=CC[C@](O)(C(=O)CO)[C@]3(C)CC[C@@H]12. The summed E-state index contributed by atoms with van der Waals surface area (Å²) >= 11 is 0. The number of Topliss-reactive ketones (excluding diaryl/α,β-unsaturated/α-hetero) is 1. The van der Waals surface area contributed by atoms with Gasteiger partial charge in [0.15, 0.2) is 11.6 Å². The summed E-state index contributed by atoms with van der Waals surface area (Å²) in [6.07, 6.45) is 9.49. The Kier molecular flexibility index (Phi) is 3.69. The maximum Gasteiger partial charge on any atom is 0.190 e. The second-order valence-electron chi connectivity index (χ2n) is 8.98. The van der Waals surface area contributed by atoms with Crippen molar-refractivity contribution < 1.29 is 19.8 Å². The molecule has 0 heterocycles. The predicted octanol–water partition coefficient (Wildman–Crippen LogP) is 2.73. The number of ketones is 2. The van der Waals surface area contributed by atoms with E-state index in [0.29, 0.717) is 24.7 Å². The van der Waals surface area contributed by atoms with Crippen molar-refractivity contribution in [3.8, 4) is 0 Å². The molecule has 0 unspecified atom stereocenters. The Bertz CT molecular complexity index is 705. The number of carbonyl (C=O) groups excluding carboxylic acids is 2. The molecule has 0 spiro atoms. The van der Waals surface area contributed by atoms with Gasteiger partial charge < -0.3 is 10.2 Å². The summed E-state index contributed by atoms with van der Waals surface area (Å²) in [6, 6.07) is 0. The molecule has 4 aliphatic carbocycles. The molecule has 0 aliphatic heterocycles. The van der Waals surface area contributed by atoms with Crippen molar-refractivity contribution in [2.45, 2.75) is 64.4 Å². The zero-order valence-electron chi connectivity index (χ0n) is 15.2. The Balaban J connectivity index is 1.70. The molecular weight excluding hydrogens is 316 g/mol. The first-order valence-electron chi connectivity index (χ1n) is 9.57. The van der Waals surface area contributed by atoms with Gasteiger partial charge in [0, 0.05) is 18.3 Å². The van der Waals surface area contributed by atoms with Crippen LogP contribution in [0.4, 0.5) is 0 Å². The largest absolute Gasteiger partial charge is 0.388 e. The molecule has 0 amide bonds. The predicted molar refractivity (Wildman–Crippen MR) is 93.7 cm³/mol. The van der Waals surface area contributed by atoms with Gasteiger partial charge in [-0.25, -0.2) is 0 Å². The summed E-state index contributed by atoms with van der Waals surface area (Å²) in [5, 5.41) is 20.5. The molecule has 136 valence electrons. The first-order valence-corrected chi connectivity index (χ1v) is 9.57. The van der Waals surface area contributed by atoms with E-state index in [1.807, 2.05) is 13.0 Å². The topological polar surface area (TPSA) is 74.6 Å².